The molecule has 1 heterocycles. The van der Waals surface area contributed by atoms with Gasteiger partial charge in [-0.3, -0.25) is 4.98 Å². The Morgan fingerprint density at radius 3 is 2.63 bits per heavy atom. The number of nitrogens with two attached hydrogens (primary N) is 1. The van der Waals surface area contributed by atoms with Gasteiger partial charge in [-0.2, -0.15) is 0 Å². The van der Waals surface area contributed by atoms with Crippen LogP contribution < -0.4 is 10.5 Å². The first kappa shape index (κ1) is 13.8. The Balaban J connectivity index is 1.93. The molecule has 2 aromatic rings. The number of aromatic nitrogens is 1. The van der Waals surface area contributed by atoms with E-state index in [2.05, 4.69) is 4.98 Å². The number of hydrogen-bond donors (Lipinski definition) is 1. The summed E-state index contributed by atoms with van der Waals surface area (Å²) in [5, 5.41) is 0.508. The van der Waals surface area contributed by atoms with Crippen LogP contribution in [0, 0.1) is 0 Å². The van der Waals surface area contributed by atoms with E-state index in [4.69, 9.17) is 34.3 Å². The Kier molecular flexibility index (Phi) is 4.71. The number of pyridine rings is 1. The molecule has 5 heteroatoms. The summed E-state index contributed by atoms with van der Waals surface area (Å²) in [4.78, 5) is 4.25. The van der Waals surface area contributed by atoms with Gasteiger partial charge in [-0.1, -0.05) is 23.8 Å². The summed E-state index contributed by atoms with van der Waals surface area (Å²) in [5.74, 6) is 0.707. The van der Waals surface area contributed by atoms with Crippen LogP contribution in [-0.2, 0) is 6.42 Å². The monoisotopic (exact) mass is 292 g/mol. The van der Waals surface area contributed by atoms with Crippen LogP contribution in [0.3, 0.4) is 0 Å². The Bertz CT molecular complexity index is 575. The van der Waals surface area contributed by atoms with Crippen LogP contribution >= 0.6 is 23.8 Å². The fourth-order valence-corrected chi connectivity index (χ4v) is 2.13. The first-order valence-electron chi connectivity index (χ1n) is 5.78. The van der Waals surface area contributed by atoms with E-state index in [1.165, 1.54) is 5.56 Å². The molecule has 1 aromatic heterocycles. The molecule has 0 fully saturated rings. The molecule has 0 spiro atoms. The summed E-state index contributed by atoms with van der Waals surface area (Å²) in [6, 6.07) is 9.24. The molecule has 98 valence electrons. The molecular weight excluding hydrogens is 280 g/mol. The zero-order valence-electron chi connectivity index (χ0n) is 10.2. The van der Waals surface area contributed by atoms with Crippen LogP contribution in [0.25, 0.3) is 0 Å². The predicted molar refractivity (Wildman–Crippen MR) is 80.8 cm³/mol. The number of nitrogens with zero attached hydrogens (tertiary/aromatic N) is 1. The van der Waals surface area contributed by atoms with Crippen molar-refractivity contribution in [2.45, 2.75) is 6.42 Å². The molecule has 0 amide bonds. The van der Waals surface area contributed by atoms with Crippen LogP contribution in [0.5, 0.6) is 5.75 Å². The van der Waals surface area contributed by atoms with Crippen molar-refractivity contribution in [1.29, 1.82) is 0 Å². The van der Waals surface area contributed by atoms with E-state index in [0.29, 0.717) is 22.9 Å². The van der Waals surface area contributed by atoms with Crippen molar-refractivity contribution in [3.8, 4) is 5.75 Å². The van der Waals surface area contributed by atoms with Gasteiger partial charge in [-0.05, 0) is 35.9 Å². The molecule has 0 aliphatic heterocycles. The molecular formula is C14H13ClN2OS. The zero-order chi connectivity index (χ0) is 13.7. The van der Waals surface area contributed by atoms with Crippen LogP contribution in [-0.4, -0.2) is 16.6 Å². The van der Waals surface area contributed by atoms with Crippen molar-refractivity contribution in [3.05, 3.63) is 58.9 Å². The lowest BCUT2D eigenvalue weighted by Gasteiger charge is -2.08. The van der Waals surface area contributed by atoms with Gasteiger partial charge in [0.15, 0.2) is 0 Å². The lowest BCUT2D eigenvalue weighted by Crippen LogP contribution is -2.10. The molecule has 0 atom stereocenters. The summed E-state index contributed by atoms with van der Waals surface area (Å²) in [7, 11) is 0. The second-order valence-electron chi connectivity index (χ2n) is 3.96. The van der Waals surface area contributed by atoms with Gasteiger partial charge in [0.2, 0.25) is 0 Å². The standard InChI is InChI=1S/C14H13ClN2OS/c15-13-9-11(1-2-12(13)14(16)19)18-8-5-10-3-6-17-7-4-10/h1-4,6-7,9H,5,8H2,(H2,16,19). The van der Waals surface area contributed by atoms with Gasteiger partial charge in [0.05, 0.1) is 11.6 Å². The van der Waals surface area contributed by atoms with E-state index in [0.717, 1.165) is 6.42 Å². The molecule has 0 saturated heterocycles. The van der Waals surface area contributed by atoms with Crippen molar-refractivity contribution in [3.63, 3.8) is 0 Å². The Morgan fingerprint density at radius 1 is 1.26 bits per heavy atom. The van der Waals surface area contributed by atoms with E-state index < -0.39 is 0 Å². The minimum absolute atomic E-state index is 0.285. The Labute approximate surface area is 122 Å². The molecule has 0 aliphatic rings. The highest BCUT2D eigenvalue weighted by Crippen LogP contribution is 2.22. The highest BCUT2D eigenvalue weighted by molar-refractivity contribution is 7.80. The largest absolute Gasteiger partial charge is 0.493 e. The van der Waals surface area contributed by atoms with E-state index in [-0.39, 0.29) is 4.99 Å². The fraction of sp³-hybridized carbons (Fsp3) is 0.143. The Hall–Kier alpha value is -1.65. The molecule has 3 nitrogen and oxygen atoms in total. The molecule has 0 aliphatic carbocycles. The van der Waals surface area contributed by atoms with Gasteiger partial charge in [0.25, 0.3) is 0 Å². The van der Waals surface area contributed by atoms with E-state index >= 15 is 0 Å². The van der Waals surface area contributed by atoms with Crippen LogP contribution in [0.4, 0.5) is 0 Å². The number of hydrogen-bond acceptors (Lipinski definition) is 3. The lowest BCUT2D eigenvalue weighted by atomic mass is 10.2. The van der Waals surface area contributed by atoms with E-state index in [1.807, 2.05) is 18.2 Å². The summed E-state index contributed by atoms with van der Waals surface area (Å²) in [6.07, 6.45) is 4.35. The lowest BCUT2D eigenvalue weighted by molar-refractivity contribution is 0.322. The quantitative estimate of drug-likeness (QED) is 0.861. The normalized spacial score (nSPS) is 10.2. The molecule has 19 heavy (non-hydrogen) atoms. The number of halogens is 1. The van der Waals surface area contributed by atoms with Crippen molar-refractivity contribution in [1.82, 2.24) is 4.98 Å². The summed E-state index contributed by atoms with van der Waals surface area (Å²) >= 11 is 11.0. The SMILES string of the molecule is NC(=S)c1ccc(OCCc2ccncc2)cc1Cl. The van der Waals surface area contributed by atoms with Crippen LogP contribution in [0.15, 0.2) is 42.7 Å². The highest BCUT2D eigenvalue weighted by atomic mass is 35.5. The van der Waals surface area contributed by atoms with E-state index in [1.54, 1.807) is 24.5 Å². The number of benzene rings is 1. The maximum atomic E-state index is 6.06. The van der Waals surface area contributed by atoms with Crippen LogP contribution in [0.2, 0.25) is 5.02 Å². The maximum absolute atomic E-state index is 6.06. The average molecular weight is 293 g/mol. The minimum atomic E-state index is 0.285. The summed E-state index contributed by atoms with van der Waals surface area (Å²) in [6.45, 7) is 0.576. The summed E-state index contributed by atoms with van der Waals surface area (Å²) < 4.78 is 5.64. The van der Waals surface area contributed by atoms with Gasteiger partial charge in [0.1, 0.15) is 10.7 Å². The molecule has 0 bridgehead atoms. The van der Waals surface area contributed by atoms with Gasteiger partial charge in [0, 0.05) is 24.4 Å². The van der Waals surface area contributed by atoms with Crippen molar-refractivity contribution in [2.24, 2.45) is 5.73 Å². The third kappa shape index (κ3) is 3.91. The molecule has 2 rings (SSSR count). The van der Waals surface area contributed by atoms with Gasteiger partial charge in [-0.15, -0.1) is 0 Å². The average Bonchev–Trinajstić information content (AvgIpc) is 2.39. The molecule has 2 N–H and O–H groups in total. The van der Waals surface area contributed by atoms with Crippen molar-refractivity contribution >= 4 is 28.8 Å². The first-order chi connectivity index (χ1) is 9.16. The second-order valence-corrected chi connectivity index (χ2v) is 4.81. The van der Waals surface area contributed by atoms with Crippen molar-refractivity contribution in [2.75, 3.05) is 6.61 Å². The van der Waals surface area contributed by atoms with Crippen LogP contribution in [0.1, 0.15) is 11.1 Å². The van der Waals surface area contributed by atoms with Gasteiger partial charge < -0.3 is 10.5 Å². The third-order valence-electron chi connectivity index (χ3n) is 2.61. The van der Waals surface area contributed by atoms with Crippen molar-refractivity contribution < 1.29 is 4.74 Å². The number of thiocarbonyl (C=S) groups is 1. The van der Waals surface area contributed by atoms with Gasteiger partial charge in [-0.25, -0.2) is 0 Å². The predicted octanol–water partition coefficient (Wildman–Crippen LogP) is 2.99. The topological polar surface area (TPSA) is 48.1 Å². The zero-order valence-corrected chi connectivity index (χ0v) is 11.7. The Morgan fingerprint density at radius 2 is 2.00 bits per heavy atom. The minimum Gasteiger partial charge on any atom is -0.493 e. The molecule has 0 radical (unpaired) electrons. The maximum Gasteiger partial charge on any atom is 0.120 e. The second kappa shape index (κ2) is 6.50. The molecule has 0 saturated carbocycles. The summed E-state index contributed by atoms with van der Waals surface area (Å²) in [5.41, 5.74) is 7.39. The first-order valence-corrected chi connectivity index (χ1v) is 6.56. The highest BCUT2D eigenvalue weighted by Gasteiger charge is 2.05. The number of rotatable bonds is 5. The smallest absolute Gasteiger partial charge is 0.120 e. The number of ether oxygens (including phenoxy) is 1. The third-order valence-corrected chi connectivity index (χ3v) is 3.15. The van der Waals surface area contributed by atoms with E-state index in [9.17, 15) is 0 Å². The molecule has 1 aromatic carbocycles. The molecule has 0 unspecified atom stereocenters. The fourth-order valence-electron chi connectivity index (χ4n) is 1.62. The van der Waals surface area contributed by atoms with Gasteiger partial charge >= 0.3 is 0 Å².